The monoisotopic (exact) mass is 469 g/mol. The number of fused-ring (bicyclic) bond motifs is 1. The minimum Gasteiger partial charge on any atom is -0.365 e. The molecule has 3 aromatic rings. The predicted octanol–water partition coefficient (Wildman–Crippen LogP) is 2.94. The normalized spacial score (nSPS) is 18.2. The van der Waals surface area contributed by atoms with Crippen LogP contribution in [0.15, 0.2) is 48.5 Å². The fraction of sp³-hybridized carbons (Fsp3) is 0.304. The Hall–Kier alpha value is -3.30. The van der Waals surface area contributed by atoms with Gasteiger partial charge in [0, 0.05) is 31.7 Å². The van der Waals surface area contributed by atoms with E-state index in [1.165, 1.54) is 18.2 Å². The van der Waals surface area contributed by atoms with Gasteiger partial charge in [0.15, 0.2) is 5.69 Å². The number of carbonyl (C=O) groups is 2. The van der Waals surface area contributed by atoms with Crippen LogP contribution in [0.25, 0.3) is 0 Å². The number of ether oxygens (including phenoxy) is 1. The molecule has 2 aliphatic heterocycles. The fourth-order valence-electron chi connectivity index (χ4n) is 4.12. The number of aromatic nitrogens is 3. The molecule has 0 aliphatic carbocycles. The van der Waals surface area contributed by atoms with Crippen LogP contribution in [0.5, 0.6) is 0 Å². The van der Waals surface area contributed by atoms with Crippen LogP contribution < -0.4 is 0 Å². The molecule has 1 atom stereocenters. The highest BCUT2D eigenvalue weighted by molar-refractivity contribution is 6.31. The van der Waals surface area contributed by atoms with Crippen LogP contribution in [0, 0.1) is 5.82 Å². The van der Waals surface area contributed by atoms with Gasteiger partial charge in [-0.25, -0.2) is 9.07 Å². The summed E-state index contributed by atoms with van der Waals surface area (Å²) in [5, 5.41) is 8.22. The molecule has 5 rings (SSSR count). The SMILES string of the molecule is O=C(c1ccc(F)c(Cl)c1)N1CCN(C(=O)c2nnn3c2CO[C@@H](c2ccccc2)C3)CC1. The van der Waals surface area contributed by atoms with Crippen molar-refractivity contribution in [1.82, 2.24) is 24.8 Å². The van der Waals surface area contributed by atoms with Gasteiger partial charge in [-0.3, -0.25) is 9.59 Å². The largest absolute Gasteiger partial charge is 0.365 e. The van der Waals surface area contributed by atoms with E-state index in [1.807, 2.05) is 30.3 Å². The summed E-state index contributed by atoms with van der Waals surface area (Å²) in [5.41, 5.74) is 2.31. The number of amides is 2. The molecule has 2 aliphatic rings. The van der Waals surface area contributed by atoms with E-state index in [2.05, 4.69) is 10.3 Å². The number of carbonyl (C=O) groups excluding carboxylic acids is 2. The van der Waals surface area contributed by atoms with Crippen molar-refractivity contribution in [3.8, 4) is 0 Å². The number of hydrogen-bond donors (Lipinski definition) is 0. The van der Waals surface area contributed by atoms with Gasteiger partial charge in [0.2, 0.25) is 0 Å². The van der Waals surface area contributed by atoms with E-state index in [0.717, 1.165) is 5.56 Å². The molecule has 8 nitrogen and oxygen atoms in total. The Morgan fingerprint density at radius 2 is 1.70 bits per heavy atom. The average molecular weight is 470 g/mol. The minimum absolute atomic E-state index is 0.0940. The number of piperazine rings is 1. The maximum absolute atomic E-state index is 13.4. The van der Waals surface area contributed by atoms with Crippen LogP contribution in [0.2, 0.25) is 5.02 Å². The predicted molar refractivity (Wildman–Crippen MR) is 117 cm³/mol. The van der Waals surface area contributed by atoms with Gasteiger partial charge in [0.05, 0.1) is 23.9 Å². The first kappa shape index (κ1) is 21.5. The molecule has 0 bridgehead atoms. The van der Waals surface area contributed by atoms with E-state index in [0.29, 0.717) is 44.0 Å². The summed E-state index contributed by atoms with van der Waals surface area (Å²) in [6, 6.07) is 13.8. The average Bonchev–Trinajstić information content (AvgIpc) is 3.29. The smallest absolute Gasteiger partial charge is 0.276 e. The Morgan fingerprint density at radius 3 is 2.39 bits per heavy atom. The van der Waals surface area contributed by atoms with Crippen molar-refractivity contribution in [2.75, 3.05) is 26.2 Å². The van der Waals surface area contributed by atoms with Crippen LogP contribution in [-0.2, 0) is 17.9 Å². The van der Waals surface area contributed by atoms with Crippen LogP contribution in [0.1, 0.15) is 38.2 Å². The lowest BCUT2D eigenvalue weighted by atomic mass is 10.1. The minimum atomic E-state index is -0.570. The molecule has 1 fully saturated rings. The molecule has 0 spiro atoms. The topological polar surface area (TPSA) is 80.6 Å². The van der Waals surface area contributed by atoms with Crippen molar-refractivity contribution in [1.29, 1.82) is 0 Å². The zero-order chi connectivity index (χ0) is 22.9. The Balaban J connectivity index is 1.23. The van der Waals surface area contributed by atoms with Crippen LogP contribution in [-0.4, -0.2) is 62.8 Å². The molecule has 1 saturated heterocycles. The third-order valence-corrected chi connectivity index (χ3v) is 6.28. The van der Waals surface area contributed by atoms with Crippen molar-refractivity contribution in [2.24, 2.45) is 0 Å². The van der Waals surface area contributed by atoms with Crippen molar-refractivity contribution >= 4 is 23.4 Å². The van der Waals surface area contributed by atoms with Crippen LogP contribution in [0.4, 0.5) is 4.39 Å². The van der Waals surface area contributed by atoms with Gasteiger partial charge < -0.3 is 14.5 Å². The number of benzene rings is 2. The van der Waals surface area contributed by atoms with Crippen LogP contribution >= 0.6 is 11.6 Å². The molecular formula is C23H21ClFN5O3. The second kappa shape index (κ2) is 8.92. The number of rotatable bonds is 3. The lowest BCUT2D eigenvalue weighted by molar-refractivity contribution is -0.00202. The van der Waals surface area contributed by atoms with E-state index in [4.69, 9.17) is 16.3 Å². The summed E-state index contributed by atoms with van der Waals surface area (Å²) in [6.45, 7) is 2.17. The first-order valence-corrected chi connectivity index (χ1v) is 11.0. The van der Waals surface area contributed by atoms with E-state index < -0.39 is 5.82 Å². The summed E-state index contributed by atoms with van der Waals surface area (Å²) >= 11 is 5.80. The molecule has 10 heteroatoms. The number of nitrogens with zero attached hydrogens (tertiary/aromatic N) is 5. The standard InChI is InChI=1S/C23H21ClFN5O3/c24-17-12-16(6-7-18(17)25)22(31)28-8-10-29(11-9-28)23(32)21-19-14-33-20(13-30(19)27-26-21)15-4-2-1-3-5-15/h1-7,12,20H,8-11,13-14H2/t20-/m1/s1. The van der Waals surface area contributed by atoms with Gasteiger partial charge in [-0.15, -0.1) is 5.10 Å². The van der Waals surface area contributed by atoms with Crippen molar-refractivity contribution in [3.05, 3.63) is 81.9 Å². The Labute approximate surface area is 194 Å². The zero-order valence-electron chi connectivity index (χ0n) is 17.7. The van der Waals surface area contributed by atoms with E-state index in [9.17, 15) is 14.0 Å². The van der Waals surface area contributed by atoms with E-state index >= 15 is 0 Å². The number of halogens is 2. The maximum Gasteiger partial charge on any atom is 0.276 e. The van der Waals surface area contributed by atoms with E-state index in [1.54, 1.807) is 14.5 Å². The van der Waals surface area contributed by atoms with Gasteiger partial charge in [0.25, 0.3) is 11.8 Å². The third kappa shape index (κ3) is 4.21. The molecule has 2 amide bonds. The molecule has 33 heavy (non-hydrogen) atoms. The van der Waals surface area contributed by atoms with Gasteiger partial charge in [-0.05, 0) is 23.8 Å². The third-order valence-electron chi connectivity index (χ3n) is 5.99. The molecule has 0 unspecified atom stereocenters. The second-order valence-electron chi connectivity index (χ2n) is 7.99. The van der Waals surface area contributed by atoms with Crippen molar-refractivity contribution in [2.45, 2.75) is 19.3 Å². The lowest BCUT2D eigenvalue weighted by Gasteiger charge is -2.34. The summed E-state index contributed by atoms with van der Waals surface area (Å²) in [4.78, 5) is 29.1. The van der Waals surface area contributed by atoms with Crippen LogP contribution in [0.3, 0.4) is 0 Å². The van der Waals surface area contributed by atoms with Crippen molar-refractivity contribution in [3.63, 3.8) is 0 Å². The molecule has 0 N–H and O–H groups in total. The molecule has 170 valence electrons. The fourth-order valence-corrected chi connectivity index (χ4v) is 4.30. The summed E-state index contributed by atoms with van der Waals surface area (Å²) in [5.74, 6) is -1.04. The molecule has 0 radical (unpaired) electrons. The molecule has 3 heterocycles. The highest BCUT2D eigenvalue weighted by Crippen LogP contribution is 2.27. The zero-order valence-corrected chi connectivity index (χ0v) is 18.4. The van der Waals surface area contributed by atoms with E-state index in [-0.39, 0.29) is 35.2 Å². The lowest BCUT2D eigenvalue weighted by Crippen LogP contribution is -2.50. The highest BCUT2D eigenvalue weighted by atomic mass is 35.5. The molecular weight excluding hydrogens is 449 g/mol. The molecule has 0 saturated carbocycles. The highest BCUT2D eigenvalue weighted by Gasteiger charge is 2.32. The Morgan fingerprint density at radius 1 is 1.00 bits per heavy atom. The van der Waals surface area contributed by atoms with Gasteiger partial charge in [-0.1, -0.05) is 47.1 Å². The molecule has 2 aromatic carbocycles. The Bertz CT molecular complexity index is 1190. The Kier molecular flexibility index (Phi) is 5.82. The van der Waals surface area contributed by atoms with Crippen molar-refractivity contribution < 1.29 is 18.7 Å². The van der Waals surface area contributed by atoms with Gasteiger partial charge in [0.1, 0.15) is 11.9 Å². The quantitative estimate of drug-likeness (QED) is 0.589. The molecule has 1 aromatic heterocycles. The summed E-state index contributed by atoms with van der Waals surface area (Å²) in [6.07, 6.45) is -0.141. The summed E-state index contributed by atoms with van der Waals surface area (Å²) < 4.78 is 21.1. The maximum atomic E-state index is 13.4. The first-order chi connectivity index (χ1) is 16.0. The van der Waals surface area contributed by atoms with Gasteiger partial charge >= 0.3 is 0 Å². The first-order valence-electron chi connectivity index (χ1n) is 10.6. The number of hydrogen-bond acceptors (Lipinski definition) is 5. The van der Waals surface area contributed by atoms with Gasteiger partial charge in [-0.2, -0.15) is 0 Å². The second-order valence-corrected chi connectivity index (χ2v) is 8.40. The summed E-state index contributed by atoms with van der Waals surface area (Å²) in [7, 11) is 0.